The highest BCUT2D eigenvalue weighted by atomic mass is 32.2. The van der Waals surface area contributed by atoms with E-state index in [4.69, 9.17) is 12.2 Å². The van der Waals surface area contributed by atoms with Gasteiger partial charge < -0.3 is 0 Å². The van der Waals surface area contributed by atoms with E-state index in [2.05, 4.69) is 6.92 Å². The van der Waals surface area contributed by atoms with Crippen LogP contribution in [0.1, 0.15) is 20.8 Å². The fraction of sp³-hybridized carbons (Fsp3) is 0.800. The van der Waals surface area contributed by atoms with Gasteiger partial charge in [0, 0.05) is 4.20 Å². The molecular formula is C5H12S2. The molecule has 0 aliphatic heterocycles. The smallest absolute Gasteiger partial charge is 0.0473 e. The van der Waals surface area contributed by atoms with Gasteiger partial charge in [-0.2, -0.15) is 0 Å². The Kier molecular flexibility index (Phi) is 9.59. The molecule has 0 amide bonds. The number of hydrogen-bond acceptors (Lipinski definition) is 2. The molecule has 0 unspecified atom stereocenters. The van der Waals surface area contributed by atoms with Crippen LogP contribution in [-0.2, 0) is 0 Å². The van der Waals surface area contributed by atoms with Crippen LogP contribution in [0.25, 0.3) is 0 Å². The van der Waals surface area contributed by atoms with E-state index in [1.54, 1.807) is 11.8 Å². The summed E-state index contributed by atoms with van der Waals surface area (Å²) in [5.74, 6) is 0. The highest BCUT2D eigenvalue weighted by Crippen LogP contribution is 1.99. The SMILES string of the molecule is C.CCC(=S)SC. The lowest BCUT2D eigenvalue weighted by atomic mass is 10.6. The van der Waals surface area contributed by atoms with Crippen molar-refractivity contribution in [3.63, 3.8) is 0 Å². The van der Waals surface area contributed by atoms with Crippen molar-refractivity contribution in [2.24, 2.45) is 0 Å². The highest BCUT2D eigenvalue weighted by molar-refractivity contribution is 8.22. The Bertz CT molecular complexity index is 44.0. The molecule has 0 heterocycles. The summed E-state index contributed by atoms with van der Waals surface area (Å²) in [5, 5.41) is 0. The second kappa shape index (κ2) is 6.44. The van der Waals surface area contributed by atoms with Gasteiger partial charge in [-0.25, -0.2) is 0 Å². The van der Waals surface area contributed by atoms with Gasteiger partial charge >= 0.3 is 0 Å². The maximum atomic E-state index is 4.82. The molecule has 0 aromatic carbocycles. The van der Waals surface area contributed by atoms with Gasteiger partial charge in [0.15, 0.2) is 0 Å². The van der Waals surface area contributed by atoms with Crippen LogP contribution < -0.4 is 0 Å². The average Bonchev–Trinajstić information content (AvgIpc) is 1.65. The lowest BCUT2D eigenvalue weighted by Gasteiger charge is -1.85. The minimum atomic E-state index is 0. The summed E-state index contributed by atoms with van der Waals surface area (Å²) in [6, 6.07) is 0. The predicted octanol–water partition coefficient (Wildman–Crippen LogP) is 2.72. The molecule has 0 saturated heterocycles. The summed E-state index contributed by atoms with van der Waals surface area (Å²) in [6.45, 7) is 2.07. The Hall–Kier alpha value is 0.440. The standard InChI is InChI=1S/C4H8S2.CH4/c1-3-4(5)6-2;/h3H2,1-2H3;1H4. The first-order valence-corrected chi connectivity index (χ1v) is 3.51. The number of rotatable bonds is 1. The highest BCUT2D eigenvalue weighted by Gasteiger charge is 1.81. The molecule has 0 aromatic heterocycles. The first-order chi connectivity index (χ1) is 2.81. The van der Waals surface area contributed by atoms with Crippen molar-refractivity contribution in [2.75, 3.05) is 6.26 Å². The molecule has 44 valence electrons. The van der Waals surface area contributed by atoms with Gasteiger partial charge in [-0.3, -0.25) is 0 Å². The van der Waals surface area contributed by atoms with E-state index >= 15 is 0 Å². The fourth-order valence-corrected chi connectivity index (χ4v) is 0.433. The minimum absolute atomic E-state index is 0. The maximum absolute atomic E-state index is 4.82. The van der Waals surface area contributed by atoms with Crippen molar-refractivity contribution < 1.29 is 0 Å². The summed E-state index contributed by atoms with van der Waals surface area (Å²) in [7, 11) is 0. The van der Waals surface area contributed by atoms with Gasteiger partial charge in [-0.15, -0.1) is 11.8 Å². The Morgan fingerprint density at radius 3 is 2.14 bits per heavy atom. The van der Waals surface area contributed by atoms with Crippen molar-refractivity contribution >= 4 is 28.2 Å². The number of hydrogen-bond donors (Lipinski definition) is 0. The van der Waals surface area contributed by atoms with Gasteiger partial charge in [0.05, 0.1) is 0 Å². The number of thiocarbonyl (C=S) groups is 1. The molecule has 0 aliphatic carbocycles. The zero-order valence-electron chi connectivity index (χ0n) is 4.02. The molecule has 0 spiro atoms. The van der Waals surface area contributed by atoms with E-state index < -0.39 is 0 Å². The monoisotopic (exact) mass is 136 g/mol. The van der Waals surface area contributed by atoms with Gasteiger partial charge in [0.1, 0.15) is 0 Å². The summed E-state index contributed by atoms with van der Waals surface area (Å²) in [5.41, 5.74) is 0. The van der Waals surface area contributed by atoms with Crippen LogP contribution in [0.2, 0.25) is 0 Å². The molecular weight excluding hydrogens is 124 g/mol. The zero-order chi connectivity index (χ0) is 4.99. The molecule has 0 nitrogen and oxygen atoms in total. The second-order valence-corrected chi connectivity index (χ2v) is 2.58. The van der Waals surface area contributed by atoms with E-state index in [1.165, 1.54) is 0 Å². The second-order valence-electron chi connectivity index (χ2n) is 0.930. The molecule has 0 saturated carbocycles. The van der Waals surface area contributed by atoms with Crippen molar-refractivity contribution in [1.29, 1.82) is 0 Å². The first-order valence-electron chi connectivity index (χ1n) is 1.88. The molecule has 0 aliphatic rings. The summed E-state index contributed by atoms with van der Waals surface area (Å²) >= 11 is 6.48. The van der Waals surface area contributed by atoms with Crippen LogP contribution >= 0.6 is 24.0 Å². The van der Waals surface area contributed by atoms with Gasteiger partial charge in [0.25, 0.3) is 0 Å². The molecule has 0 atom stereocenters. The quantitative estimate of drug-likeness (QED) is 0.508. The normalized spacial score (nSPS) is 7.14. The third-order valence-corrected chi connectivity index (χ3v) is 2.05. The molecule has 2 heteroatoms. The van der Waals surface area contributed by atoms with Gasteiger partial charge in [0.2, 0.25) is 0 Å². The third kappa shape index (κ3) is 6.44. The summed E-state index contributed by atoms with van der Waals surface area (Å²) in [6.07, 6.45) is 3.03. The largest absolute Gasteiger partial charge is 0.122 e. The van der Waals surface area contributed by atoms with Crippen molar-refractivity contribution in [2.45, 2.75) is 20.8 Å². The Morgan fingerprint density at radius 2 is 2.14 bits per heavy atom. The minimum Gasteiger partial charge on any atom is -0.122 e. The van der Waals surface area contributed by atoms with E-state index in [0.29, 0.717) is 0 Å². The van der Waals surface area contributed by atoms with Crippen molar-refractivity contribution in [1.82, 2.24) is 0 Å². The van der Waals surface area contributed by atoms with E-state index in [1.807, 2.05) is 6.26 Å². The summed E-state index contributed by atoms with van der Waals surface area (Å²) < 4.78 is 1.09. The lowest BCUT2D eigenvalue weighted by molar-refractivity contribution is 1.35. The zero-order valence-corrected chi connectivity index (χ0v) is 5.66. The van der Waals surface area contributed by atoms with Crippen LogP contribution in [0.5, 0.6) is 0 Å². The van der Waals surface area contributed by atoms with Crippen LogP contribution in [0.3, 0.4) is 0 Å². The topological polar surface area (TPSA) is 0 Å². The predicted molar refractivity (Wildman–Crippen MR) is 43.1 cm³/mol. The Labute approximate surface area is 55.7 Å². The van der Waals surface area contributed by atoms with Crippen LogP contribution in [0.4, 0.5) is 0 Å². The van der Waals surface area contributed by atoms with Crippen LogP contribution in [-0.4, -0.2) is 10.5 Å². The molecule has 0 rings (SSSR count). The average molecular weight is 136 g/mol. The molecule has 0 fully saturated rings. The molecule has 0 aromatic rings. The molecule has 0 bridgehead atoms. The van der Waals surface area contributed by atoms with Crippen molar-refractivity contribution in [3.8, 4) is 0 Å². The third-order valence-electron chi connectivity index (χ3n) is 0.516. The van der Waals surface area contributed by atoms with Crippen molar-refractivity contribution in [3.05, 3.63) is 0 Å². The Balaban J connectivity index is 0. The molecule has 7 heavy (non-hydrogen) atoms. The van der Waals surface area contributed by atoms with E-state index in [-0.39, 0.29) is 7.43 Å². The number of thioether (sulfide) groups is 1. The van der Waals surface area contributed by atoms with Gasteiger partial charge in [-0.1, -0.05) is 26.6 Å². The maximum Gasteiger partial charge on any atom is 0.0473 e. The van der Waals surface area contributed by atoms with E-state index in [0.717, 1.165) is 10.6 Å². The lowest BCUT2D eigenvalue weighted by Crippen LogP contribution is -1.77. The fourth-order valence-electron chi connectivity index (χ4n) is 0.144. The van der Waals surface area contributed by atoms with Crippen LogP contribution in [0.15, 0.2) is 0 Å². The van der Waals surface area contributed by atoms with Gasteiger partial charge in [-0.05, 0) is 12.7 Å². The Morgan fingerprint density at radius 1 is 1.71 bits per heavy atom. The first kappa shape index (κ1) is 10.4. The molecule has 0 N–H and O–H groups in total. The summed E-state index contributed by atoms with van der Waals surface area (Å²) in [4.78, 5) is 0. The van der Waals surface area contributed by atoms with Crippen LogP contribution in [0, 0.1) is 0 Å². The molecule has 0 radical (unpaired) electrons. The van der Waals surface area contributed by atoms with E-state index in [9.17, 15) is 0 Å².